The molecular formula is C19H27F3N2O2. The van der Waals surface area contributed by atoms with Crippen LogP contribution < -0.4 is 10.2 Å². The number of nitrogens with zero attached hydrogens (tertiary/aromatic N) is 1. The zero-order valence-corrected chi connectivity index (χ0v) is 15.5. The summed E-state index contributed by atoms with van der Waals surface area (Å²) in [5.41, 5.74) is 2.59. The first-order valence-corrected chi connectivity index (χ1v) is 9.01. The first kappa shape index (κ1) is 20.6. The highest BCUT2D eigenvalue weighted by atomic mass is 19.4. The summed E-state index contributed by atoms with van der Waals surface area (Å²) in [4.78, 5) is 11.6. The molecule has 7 heteroatoms. The second kappa shape index (κ2) is 8.29. The summed E-state index contributed by atoms with van der Waals surface area (Å²) in [5.74, 6) is 0.414. The molecule has 4 nitrogen and oxygen atoms in total. The van der Waals surface area contributed by atoms with Crippen LogP contribution in [0, 0.1) is 0 Å². The minimum atomic E-state index is -4.39. The zero-order chi connectivity index (χ0) is 19.4. The van der Waals surface area contributed by atoms with Gasteiger partial charge in [0.2, 0.25) is 5.91 Å². The molecule has 1 fully saturated rings. The number of hydrogen-bond acceptors (Lipinski definition) is 3. The second-order valence-corrected chi connectivity index (χ2v) is 7.28. The molecule has 1 aromatic rings. The predicted octanol–water partition coefficient (Wildman–Crippen LogP) is 4.24. The molecule has 0 saturated carbocycles. The van der Waals surface area contributed by atoms with E-state index in [1.165, 1.54) is 0 Å². The lowest BCUT2D eigenvalue weighted by molar-refractivity contribution is -0.202. The van der Waals surface area contributed by atoms with Crippen LogP contribution in [-0.2, 0) is 11.2 Å². The molecule has 0 bridgehead atoms. The summed E-state index contributed by atoms with van der Waals surface area (Å²) in [6.07, 6.45) is -2.59. The van der Waals surface area contributed by atoms with Crippen LogP contribution in [0.25, 0.3) is 0 Å². The third-order valence-electron chi connectivity index (χ3n) is 4.58. The van der Waals surface area contributed by atoms with Gasteiger partial charge in [-0.15, -0.1) is 0 Å². The van der Waals surface area contributed by atoms with Crippen molar-refractivity contribution < 1.29 is 22.7 Å². The quantitative estimate of drug-likeness (QED) is 0.694. The van der Waals surface area contributed by atoms with Crippen LogP contribution in [0.5, 0.6) is 5.75 Å². The van der Waals surface area contributed by atoms with Crippen molar-refractivity contribution in [3.05, 3.63) is 29.8 Å². The van der Waals surface area contributed by atoms with E-state index in [4.69, 9.17) is 4.74 Å². The lowest BCUT2D eigenvalue weighted by atomic mass is 9.97. The number of benzene rings is 1. The van der Waals surface area contributed by atoms with Gasteiger partial charge in [-0.2, -0.15) is 13.2 Å². The average Bonchev–Trinajstić information content (AvgIpc) is 2.79. The Morgan fingerprint density at radius 3 is 2.62 bits per heavy atom. The summed E-state index contributed by atoms with van der Waals surface area (Å²) in [7, 11) is 0. The summed E-state index contributed by atoms with van der Waals surface area (Å²) in [5, 5.41) is 1.09. The van der Waals surface area contributed by atoms with Gasteiger partial charge in [-0.05, 0) is 57.7 Å². The SMILES string of the molecule is CCOc1cccc(CCCC[C@H](N2NC(=O)CC2(C)C)C(F)(F)F)c1. The van der Waals surface area contributed by atoms with Gasteiger partial charge in [-0.25, -0.2) is 5.01 Å². The lowest BCUT2D eigenvalue weighted by Gasteiger charge is -2.37. The van der Waals surface area contributed by atoms with E-state index in [9.17, 15) is 18.0 Å². The maximum absolute atomic E-state index is 13.5. The number of hydrogen-bond donors (Lipinski definition) is 1. The Hall–Kier alpha value is -1.76. The molecule has 26 heavy (non-hydrogen) atoms. The number of amides is 1. The third-order valence-corrected chi connectivity index (χ3v) is 4.58. The van der Waals surface area contributed by atoms with Crippen molar-refractivity contribution in [1.82, 2.24) is 10.4 Å². The van der Waals surface area contributed by atoms with Gasteiger partial charge in [0.1, 0.15) is 11.8 Å². The van der Waals surface area contributed by atoms with Gasteiger partial charge >= 0.3 is 6.18 Å². The summed E-state index contributed by atoms with van der Waals surface area (Å²) in [6.45, 7) is 5.79. The van der Waals surface area contributed by atoms with Crippen LogP contribution in [0.3, 0.4) is 0 Å². The highest BCUT2D eigenvalue weighted by molar-refractivity contribution is 5.78. The normalized spacial score (nSPS) is 18.6. The second-order valence-electron chi connectivity index (χ2n) is 7.28. The molecule has 0 aliphatic carbocycles. The molecular weight excluding hydrogens is 345 g/mol. The summed E-state index contributed by atoms with van der Waals surface area (Å²) < 4.78 is 46.0. The Labute approximate surface area is 152 Å². The van der Waals surface area contributed by atoms with Crippen molar-refractivity contribution in [3.8, 4) is 5.75 Å². The van der Waals surface area contributed by atoms with Crippen LogP contribution in [0.2, 0.25) is 0 Å². The van der Waals surface area contributed by atoms with Crippen molar-refractivity contribution in [2.75, 3.05) is 6.61 Å². The average molecular weight is 372 g/mol. The number of rotatable bonds is 8. The Bertz CT molecular complexity index is 617. The fraction of sp³-hybridized carbons (Fsp3) is 0.632. The van der Waals surface area contributed by atoms with E-state index in [2.05, 4.69) is 5.43 Å². The van der Waals surface area contributed by atoms with Crippen LogP contribution in [0.15, 0.2) is 24.3 Å². The first-order valence-electron chi connectivity index (χ1n) is 9.01. The standard InChI is InChI=1S/C19H27F3N2O2/c1-4-26-15-10-7-9-14(12-15)8-5-6-11-16(19(20,21)22)24-18(2,3)13-17(25)23-24/h7,9-10,12,16H,4-6,8,11,13H2,1-3H3,(H,23,25)/t16-/m0/s1. The molecule has 0 spiro atoms. The number of hydrazine groups is 1. The number of carbonyl (C=O) groups is 1. The predicted molar refractivity (Wildman–Crippen MR) is 93.7 cm³/mol. The van der Waals surface area contributed by atoms with Gasteiger partial charge < -0.3 is 4.74 Å². The molecule has 1 heterocycles. The van der Waals surface area contributed by atoms with Crippen LogP contribution in [0.1, 0.15) is 52.0 Å². The molecule has 2 rings (SSSR count). The number of halogens is 3. The number of aryl methyl sites for hydroxylation is 1. The largest absolute Gasteiger partial charge is 0.494 e. The molecule has 1 atom stereocenters. The van der Waals surface area contributed by atoms with Crippen molar-refractivity contribution in [2.24, 2.45) is 0 Å². The maximum Gasteiger partial charge on any atom is 0.405 e. The smallest absolute Gasteiger partial charge is 0.405 e. The van der Waals surface area contributed by atoms with Crippen molar-refractivity contribution >= 4 is 5.91 Å². The summed E-state index contributed by atoms with van der Waals surface area (Å²) in [6, 6.07) is 5.97. The first-order chi connectivity index (χ1) is 12.1. The third kappa shape index (κ3) is 5.37. The van der Waals surface area contributed by atoms with Crippen LogP contribution >= 0.6 is 0 Å². The van der Waals surface area contributed by atoms with Crippen LogP contribution in [-0.4, -0.2) is 35.3 Å². The van der Waals surface area contributed by atoms with Crippen molar-refractivity contribution in [1.29, 1.82) is 0 Å². The number of carbonyl (C=O) groups excluding carboxylic acids is 1. The fourth-order valence-electron chi connectivity index (χ4n) is 3.37. The van der Waals surface area contributed by atoms with Gasteiger partial charge in [-0.1, -0.05) is 18.6 Å². The van der Waals surface area contributed by atoms with E-state index in [-0.39, 0.29) is 18.7 Å². The van der Waals surface area contributed by atoms with E-state index in [0.29, 0.717) is 25.9 Å². The highest BCUT2D eigenvalue weighted by Crippen LogP contribution is 2.35. The monoisotopic (exact) mass is 372 g/mol. The van der Waals surface area contributed by atoms with E-state index < -0.39 is 17.8 Å². The van der Waals surface area contributed by atoms with Gasteiger partial charge in [0.15, 0.2) is 0 Å². The number of unbranched alkanes of at least 4 members (excludes halogenated alkanes) is 1. The highest BCUT2D eigenvalue weighted by Gasteiger charge is 2.51. The molecule has 1 aliphatic rings. The van der Waals surface area contributed by atoms with Gasteiger partial charge in [0, 0.05) is 12.0 Å². The van der Waals surface area contributed by atoms with Gasteiger partial charge in [0.25, 0.3) is 0 Å². The molecule has 1 amide bonds. The van der Waals surface area contributed by atoms with Crippen LogP contribution in [0.4, 0.5) is 13.2 Å². The van der Waals surface area contributed by atoms with Crippen molar-refractivity contribution in [3.63, 3.8) is 0 Å². The minimum Gasteiger partial charge on any atom is -0.494 e. The minimum absolute atomic E-state index is 0.0433. The van der Waals surface area contributed by atoms with E-state index in [1.807, 2.05) is 31.2 Å². The fourth-order valence-corrected chi connectivity index (χ4v) is 3.37. The molecule has 0 unspecified atom stereocenters. The molecule has 0 aromatic heterocycles. The molecule has 146 valence electrons. The van der Waals surface area contributed by atoms with Crippen molar-refractivity contribution in [2.45, 2.75) is 70.6 Å². The van der Waals surface area contributed by atoms with Gasteiger partial charge in [0.05, 0.1) is 6.61 Å². The van der Waals surface area contributed by atoms with Gasteiger partial charge in [-0.3, -0.25) is 10.2 Å². The number of ether oxygens (including phenoxy) is 1. The van der Waals surface area contributed by atoms with E-state index >= 15 is 0 Å². The molecule has 1 aromatic carbocycles. The Balaban J connectivity index is 1.92. The number of alkyl halides is 3. The topological polar surface area (TPSA) is 41.6 Å². The van der Waals surface area contributed by atoms with E-state index in [0.717, 1.165) is 16.3 Å². The Morgan fingerprint density at radius 1 is 1.31 bits per heavy atom. The summed E-state index contributed by atoms with van der Waals surface area (Å²) >= 11 is 0. The molecule has 0 radical (unpaired) electrons. The molecule has 1 aliphatic heterocycles. The van der Waals surface area contributed by atoms with E-state index in [1.54, 1.807) is 13.8 Å². The molecule has 1 N–H and O–H groups in total. The number of nitrogens with one attached hydrogen (secondary N) is 1. The lowest BCUT2D eigenvalue weighted by Crippen LogP contribution is -2.56. The Kier molecular flexibility index (Phi) is 6.55. The maximum atomic E-state index is 13.5. The zero-order valence-electron chi connectivity index (χ0n) is 15.5. The Morgan fingerprint density at radius 2 is 2.04 bits per heavy atom. The molecule has 1 saturated heterocycles.